The maximum absolute atomic E-state index is 14.3. The Hall–Kier alpha value is -1.41. The number of nitrogen functional groups attached to an aromatic ring is 1. The third-order valence-corrected chi connectivity index (χ3v) is 6.19. The predicted octanol–water partition coefficient (Wildman–Crippen LogP) is -0.802. The van der Waals surface area contributed by atoms with Crippen molar-refractivity contribution in [1.82, 2.24) is 19.5 Å². The molecule has 2 aromatic rings. The van der Waals surface area contributed by atoms with Gasteiger partial charge in [-0.3, -0.25) is 14.3 Å². The maximum Gasteiger partial charge on any atom is 0.532 e. The van der Waals surface area contributed by atoms with Gasteiger partial charge >= 0.3 is 15.0 Å². The van der Waals surface area contributed by atoms with E-state index >= 15 is 0 Å². The monoisotopic (exact) mass is 444 g/mol. The largest absolute Gasteiger partial charge is 0.532 e. The second-order valence-corrected chi connectivity index (χ2v) is 8.60. The van der Waals surface area contributed by atoms with E-state index in [-0.39, 0.29) is 17.1 Å². The zero-order chi connectivity index (χ0) is 19.9. The summed E-state index contributed by atoms with van der Waals surface area (Å²) in [6.07, 6.45) is -5.09. The zero-order valence-corrected chi connectivity index (χ0v) is 15.7. The quantitative estimate of drug-likeness (QED) is 0.349. The minimum Gasteiger partial charge on any atom is -0.385 e. The molecule has 148 valence electrons. The highest BCUT2D eigenvalue weighted by Gasteiger charge is 2.47. The van der Waals surface area contributed by atoms with E-state index in [0.717, 1.165) is 10.9 Å². The first-order chi connectivity index (χ1) is 12.6. The number of anilines is 1. The molecule has 13 nitrogen and oxygen atoms in total. The zero-order valence-electron chi connectivity index (χ0n) is 13.1. The van der Waals surface area contributed by atoms with Gasteiger partial charge < -0.3 is 25.4 Å². The normalized spacial score (nSPS) is 26.6. The number of alkyl halides is 1. The number of rotatable bonds is 6. The molecule has 0 bridgehead atoms. The molecule has 0 aromatic carbocycles. The van der Waals surface area contributed by atoms with Crippen molar-refractivity contribution in [3.63, 3.8) is 0 Å². The summed E-state index contributed by atoms with van der Waals surface area (Å²) in [6, 6.07) is 0. The van der Waals surface area contributed by atoms with Gasteiger partial charge in [-0.15, -0.1) is 4.52 Å². The van der Waals surface area contributed by atoms with Crippen LogP contribution in [0.3, 0.4) is 0 Å². The van der Waals surface area contributed by atoms with Gasteiger partial charge in [0, 0.05) is 0 Å². The summed E-state index contributed by atoms with van der Waals surface area (Å²) in [5.74, 6) is -0.204. The molecule has 1 fully saturated rings. The minimum absolute atomic E-state index is 0.0237. The summed E-state index contributed by atoms with van der Waals surface area (Å²) < 4.78 is 40.6. The number of phosphoric acid groups is 1. The van der Waals surface area contributed by atoms with Crippen LogP contribution in [-0.2, 0) is 29.9 Å². The van der Waals surface area contributed by atoms with E-state index in [4.69, 9.17) is 24.8 Å². The van der Waals surface area contributed by atoms with Crippen LogP contribution in [0.4, 0.5) is 10.3 Å². The van der Waals surface area contributed by atoms with Gasteiger partial charge in [-0.05, 0) is 4.31 Å². The number of nitrogens with two attached hydrogens (primary N) is 1. The van der Waals surface area contributed by atoms with Crippen molar-refractivity contribution >= 4 is 43.9 Å². The fraction of sp³-hybridized carbons (Fsp3) is 0.500. The molecule has 0 amide bonds. The van der Waals surface area contributed by atoms with Gasteiger partial charge in [-0.25, -0.2) is 13.9 Å². The molecule has 17 heteroatoms. The molecule has 6 N–H and O–H groups in total. The number of imidazole rings is 1. The molecule has 0 saturated carbocycles. The van der Waals surface area contributed by atoms with Crippen LogP contribution in [0.5, 0.6) is 0 Å². The van der Waals surface area contributed by atoms with Crippen molar-refractivity contribution in [2.75, 3.05) is 12.3 Å². The Morgan fingerprint density at radius 3 is 2.93 bits per heavy atom. The Labute approximate surface area is 155 Å². The Bertz CT molecular complexity index is 980. The highest BCUT2D eigenvalue weighted by atomic mass is 32.4. The number of hydrogen-bond donors (Lipinski definition) is 5. The summed E-state index contributed by atoms with van der Waals surface area (Å²) in [6.45, 7) is -0.535. The maximum atomic E-state index is 14.3. The number of hydrogen-bond acceptors (Lipinski definition) is 10. The number of aromatic nitrogens is 4. The Morgan fingerprint density at radius 1 is 1.56 bits per heavy atom. The van der Waals surface area contributed by atoms with E-state index in [1.807, 2.05) is 0 Å². The fourth-order valence-corrected chi connectivity index (χ4v) is 4.56. The number of halogens is 1. The van der Waals surface area contributed by atoms with Gasteiger partial charge in [0.2, 0.25) is 17.8 Å². The lowest BCUT2D eigenvalue weighted by Gasteiger charge is -2.16. The van der Waals surface area contributed by atoms with Crippen molar-refractivity contribution < 1.29 is 37.4 Å². The lowest BCUT2D eigenvalue weighted by atomic mass is 10.1. The van der Waals surface area contributed by atoms with Gasteiger partial charge in [-0.2, -0.15) is 4.98 Å². The molecule has 1 saturated heterocycles. The summed E-state index contributed by atoms with van der Waals surface area (Å²) in [7, 11) is -7.26. The van der Waals surface area contributed by atoms with E-state index in [1.165, 1.54) is 0 Å². The minimum atomic E-state index is -4.85. The Balaban J connectivity index is 1.77. The lowest BCUT2D eigenvalue weighted by molar-refractivity contribution is -0.0457. The van der Waals surface area contributed by atoms with Crippen molar-refractivity contribution in [3.8, 4) is 0 Å². The fourth-order valence-electron chi connectivity index (χ4n) is 2.45. The van der Waals surface area contributed by atoms with Crippen molar-refractivity contribution in [3.05, 3.63) is 16.7 Å². The Morgan fingerprint density at radius 2 is 2.26 bits per heavy atom. The van der Waals surface area contributed by atoms with Gasteiger partial charge in [-0.1, -0.05) is 0 Å². The van der Waals surface area contributed by atoms with Crippen LogP contribution < -0.4 is 11.3 Å². The number of nitrogens with one attached hydrogen (secondary N) is 1. The summed E-state index contributed by atoms with van der Waals surface area (Å²) in [5, 5.41) is 10.1. The average Bonchev–Trinajstić information content (AvgIpc) is 3.07. The van der Waals surface area contributed by atoms with Gasteiger partial charge in [0.15, 0.2) is 23.6 Å². The topological polar surface area (TPSA) is 195 Å². The molecule has 27 heavy (non-hydrogen) atoms. The summed E-state index contributed by atoms with van der Waals surface area (Å²) in [4.78, 5) is 39.1. The number of aliphatic hydroxyl groups excluding tert-OH is 1. The molecule has 3 rings (SSSR count). The van der Waals surface area contributed by atoms with Gasteiger partial charge in [0.25, 0.3) is 5.56 Å². The van der Waals surface area contributed by atoms with Crippen LogP contribution in [0, 0.1) is 0 Å². The van der Waals surface area contributed by atoms with Gasteiger partial charge in [0.05, 0.1) is 6.33 Å². The lowest BCUT2D eigenvalue weighted by Crippen LogP contribution is -2.29. The van der Waals surface area contributed by atoms with Crippen LogP contribution in [0.2, 0.25) is 0 Å². The first kappa shape index (κ1) is 20.3. The van der Waals surface area contributed by atoms with E-state index in [2.05, 4.69) is 31.1 Å². The molecule has 0 aliphatic carbocycles. The molecule has 1 aliphatic heterocycles. The first-order valence-corrected chi connectivity index (χ1v) is 10.8. The smallest absolute Gasteiger partial charge is 0.385 e. The summed E-state index contributed by atoms with van der Waals surface area (Å²) >= 11 is 4.60. The molecule has 1 aliphatic rings. The van der Waals surface area contributed by atoms with E-state index in [1.54, 1.807) is 0 Å². The number of fused-ring (bicyclic) bond motifs is 1. The molecular formula is C10H13FN5O8P2S+. The second kappa shape index (κ2) is 7.54. The van der Waals surface area contributed by atoms with E-state index in [0.29, 0.717) is 0 Å². The predicted molar refractivity (Wildman–Crippen MR) is 90.7 cm³/mol. The average molecular weight is 444 g/mol. The highest BCUT2D eigenvalue weighted by molar-refractivity contribution is 8.02. The number of ether oxygens (including phenoxy) is 1. The van der Waals surface area contributed by atoms with Crippen LogP contribution in [0.25, 0.3) is 11.2 Å². The molecule has 5 atom stereocenters. The number of H-pyrrole nitrogens is 1. The van der Waals surface area contributed by atoms with Crippen molar-refractivity contribution in [1.29, 1.82) is 0 Å². The SMILES string of the molecule is Nc1nc2c(ncn2[C@@H]2O[C@H](CO[P+](=S)OP(=O)(O)O)C(F)[C@@H]2O)c(=O)[nH]1. The van der Waals surface area contributed by atoms with Crippen molar-refractivity contribution in [2.45, 2.75) is 24.6 Å². The molecular weight excluding hydrogens is 431 g/mol. The number of aromatic amines is 1. The number of nitrogens with zero attached hydrogens (tertiary/aromatic N) is 3. The molecule has 2 unspecified atom stereocenters. The molecule has 3 heterocycles. The standard InChI is InChI=1S/C10H12FN5O8P2S/c11-4-3(1-22-25(27)24-26(19,20)21)23-9(6(4)17)16-2-13-5-7(16)14-10(12)15-8(5)18/h2-4,6,9,17H,1H2,(H4-,12,14,15,18,19,20,21)/p+1/t3-,4?,6+,9-/m1/s1. The van der Waals surface area contributed by atoms with E-state index < -0.39 is 51.7 Å². The Kier molecular flexibility index (Phi) is 5.68. The van der Waals surface area contributed by atoms with Crippen molar-refractivity contribution in [2.24, 2.45) is 0 Å². The van der Waals surface area contributed by atoms with Crippen LogP contribution in [0.1, 0.15) is 6.23 Å². The second-order valence-electron chi connectivity index (χ2n) is 5.37. The third-order valence-electron chi connectivity index (χ3n) is 3.53. The third kappa shape index (κ3) is 4.37. The highest BCUT2D eigenvalue weighted by Crippen LogP contribution is 2.48. The number of aliphatic hydroxyl groups is 1. The molecule has 0 spiro atoms. The molecule has 2 aromatic heterocycles. The first-order valence-electron chi connectivity index (χ1n) is 7.12. The summed E-state index contributed by atoms with van der Waals surface area (Å²) in [5.41, 5.74) is 4.75. The van der Waals surface area contributed by atoms with Gasteiger partial charge in [0.1, 0.15) is 18.8 Å². The van der Waals surface area contributed by atoms with Crippen LogP contribution in [-0.4, -0.2) is 59.4 Å². The van der Waals surface area contributed by atoms with Crippen LogP contribution >= 0.6 is 15.0 Å². The van der Waals surface area contributed by atoms with E-state index in [9.17, 15) is 18.9 Å². The van der Waals surface area contributed by atoms with Crippen LogP contribution in [0.15, 0.2) is 11.1 Å². The molecule has 0 radical (unpaired) electrons.